The Morgan fingerprint density at radius 3 is 2.73 bits per heavy atom. The number of carbonyl (C=O) groups is 1. The average Bonchev–Trinajstić information content (AvgIpc) is 3.55. The van der Waals surface area contributed by atoms with Crippen LogP contribution in [0.5, 0.6) is 6.01 Å². The summed E-state index contributed by atoms with van der Waals surface area (Å²) in [7, 11) is 2.08. The van der Waals surface area contributed by atoms with Crippen LogP contribution in [0.1, 0.15) is 49.7 Å². The number of likely N-dealkylation sites (tertiary alicyclic amines) is 1. The van der Waals surface area contributed by atoms with Gasteiger partial charge in [0, 0.05) is 36.6 Å². The molecule has 3 heterocycles. The predicted molar refractivity (Wildman–Crippen MR) is 164 cm³/mol. The number of amides is 1. The van der Waals surface area contributed by atoms with Gasteiger partial charge in [-0.25, -0.2) is 8.78 Å². The second-order valence-electron chi connectivity index (χ2n) is 12.7. The number of nitrogens with zero attached hydrogens (tertiary/aromatic N) is 6. The highest BCUT2D eigenvalue weighted by Crippen LogP contribution is 2.58. The zero-order valence-electron chi connectivity index (χ0n) is 25.0. The van der Waals surface area contributed by atoms with Crippen LogP contribution in [0.25, 0.3) is 22.0 Å². The number of likely N-dealkylation sites (N-methyl/N-ethyl adjacent to an activating group) is 1. The number of nitriles is 1. The molecule has 1 amide bonds. The van der Waals surface area contributed by atoms with Gasteiger partial charge in [-0.2, -0.15) is 15.2 Å². The van der Waals surface area contributed by atoms with Crippen LogP contribution in [0.3, 0.4) is 0 Å². The molecule has 228 valence electrons. The molecule has 2 saturated heterocycles. The van der Waals surface area contributed by atoms with Crippen molar-refractivity contribution >= 4 is 22.6 Å². The first-order chi connectivity index (χ1) is 21.3. The first-order valence-electron chi connectivity index (χ1n) is 15.5. The Balaban J connectivity index is 1.29. The van der Waals surface area contributed by atoms with E-state index in [0.29, 0.717) is 35.4 Å². The van der Waals surface area contributed by atoms with Gasteiger partial charge in [0.25, 0.3) is 5.91 Å². The van der Waals surface area contributed by atoms with Gasteiger partial charge in [-0.1, -0.05) is 24.8 Å². The molecule has 0 bridgehead atoms. The summed E-state index contributed by atoms with van der Waals surface area (Å²) in [5, 5.41) is 10.0. The maximum absolute atomic E-state index is 16.1. The Morgan fingerprint density at radius 2 is 2.00 bits per heavy atom. The number of hydrogen-bond donors (Lipinski definition) is 0. The molecule has 2 aromatic carbocycles. The molecule has 3 aromatic rings. The summed E-state index contributed by atoms with van der Waals surface area (Å²) in [4.78, 5) is 27.6. The Bertz CT molecular complexity index is 1700. The second kappa shape index (κ2) is 11.1. The van der Waals surface area contributed by atoms with Gasteiger partial charge in [-0.15, -0.1) is 0 Å². The molecule has 0 unspecified atom stereocenters. The van der Waals surface area contributed by atoms with Gasteiger partial charge < -0.3 is 19.4 Å². The van der Waals surface area contributed by atoms with E-state index < -0.39 is 17.8 Å². The van der Waals surface area contributed by atoms with E-state index in [2.05, 4.69) is 30.7 Å². The van der Waals surface area contributed by atoms with E-state index in [-0.39, 0.29) is 42.8 Å². The Hall–Kier alpha value is -4.10. The molecule has 0 radical (unpaired) electrons. The van der Waals surface area contributed by atoms with Crippen LogP contribution in [0, 0.1) is 17.1 Å². The van der Waals surface area contributed by atoms with E-state index in [0.717, 1.165) is 37.8 Å². The predicted octanol–water partition coefficient (Wildman–Crippen LogP) is 5.30. The molecule has 2 atom stereocenters. The van der Waals surface area contributed by atoms with Gasteiger partial charge in [0.05, 0.1) is 24.0 Å². The molecular weight excluding hydrogens is 562 g/mol. The number of carbonyl (C=O) groups excluding carboxylic acids is 1. The fourth-order valence-corrected chi connectivity index (χ4v) is 7.51. The van der Waals surface area contributed by atoms with Crippen molar-refractivity contribution in [3.8, 4) is 23.2 Å². The third-order valence-corrected chi connectivity index (χ3v) is 10.2. The molecule has 2 aliphatic heterocycles. The second-order valence-corrected chi connectivity index (χ2v) is 12.7. The van der Waals surface area contributed by atoms with E-state index in [9.17, 15) is 14.4 Å². The first-order valence-corrected chi connectivity index (χ1v) is 15.5. The molecular formula is C34H36F2N6O2. The number of anilines is 1. The van der Waals surface area contributed by atoms with Gasteiger partial charge in [-0.05, 0) is 86.4 Å². The van der Waals surface area contributed by atoms with Crippen molar-refractivity contribution in [2.75, 3.05) is 44.7 Å². The minimum Gasteiger partial charge on any atom is -0.462 e. The van der Waals surface area contributed by atoms with Crippen molar-refractivity contribution in [2.45, 2.75) is 62.4 Å². The summed E-state index contributed by atoms with van der Waals surface area (Å²) in [5.74, 6) is -1.76. The molecule has 1 aromatic heterocycles. The molecule has 10 heteroatoms. The van der Waals surface area contributed by atoms with E-state index >= 15 is 4.39 Å². The number of piperazine rings is 1. The van der Waals surface area contributed by atoms with Crippen LogP contribution in [0.2, 0.25) is 0 Å². The average molecular weight is 599 g/mol. The van der Waals surface area contributed by atoms with Crippen molar-refractivity contribution < 1.29 is 18.3 Å². The topological polar surface area (TPSA) is 85.6 Å². The number of aromatic nitrogens is 2. The number of ether oxygens (including phenoxy) is 1. The fourth-order valence-electron chi connectivity index (χ4n) is 7.51. The largest absolute Gasteiger partial charge is 0.462 e. The fraction of sp³-hybridized carbons (Fsp3) is 0.471. The smallest absolute Gasteiger partial charge is 0.319 e. The van der Waals surface area contributed by atoms with Crippen LogP contribution >= 0.6 is 0 Å². The number of rotatable bonds is 7. The van der Waals surface area contributed by atoms with Crippen molar-refractivity contribution in [3.05, 3.63) is 59.7 Å². The normalized spacial score (nSPS) is 22.3. The minimum atomic E-state index is -1.06. The number of halogens is 2. The van der Waals surface area contributed by atoms with Crippen LogP contribution < -0.4 is 9.64 Å². The van der Waals surface area contributed by atoms with Crippen LogP contribution in [-0.4, -0.2) is 77.6 Å². The summed E-state index contributed by atoms with van der Waals surface area (Å²) in [6.07, 6.45) is 6.59. The lowest BCUT2D eigenvalue weighted by atomic mass is 9.92. The highest BCUT2D eigenvalue weighted by Gasteiger charge is 2.49. The van der Waals surface area contributed by atoms with Crippen LogP contribution in [-0.2, 0) is 16.6 Å². The standard InChI is InChI=1S/C34H36F2N6O2/c1-21(35)32(43)42-16-15-41(19-22(42)9-13-37)31-27-17-29(36)26(24-6-3-7-28-25(24)8-10-34(28)11-12-34)18-30(27)38-33(39-31)44-20-23-5-4-14-40(23)2/h3,6-7,17-18,22-23H,1,4-5,8-12,14-16,19-20H2,2H3/t22-,23-/m0/s1. The van der Waals surface area contributed by atoms with Gasteiger partial charge in [0.2, 0.25) is 0 Å². The highest BCUT2D eigenvalue weighted by molar-refractivity contribution is 5.94. The molecule has 7 rings (SSSR count). The Morgan fingerprint density at radius 1 is 1.16 bits per heavy atom. The van der Waals surface area contributed by atoms with Crippen LogP contribution in [0.15, 0.2) is 42.7 Å². The van der Waals surface area contributed by atoms with Crippen molar-refractivity contribution in [1.82, 2.24) is 19.8 Å². The summed E-state index contributed by atoms with van der Waals surface area (Å²) < 4.78 is 36.1. The highest BCUT2D eigenvalue weighted by atomic mass is 19.1. The first kappa shape index (κ1) is 28.7. The molecule has 0 N–H and O–H groups in total. The third-order valence-electron chi connectivity index (χ3n) is 10.2. The monoisotopic (exact) mass is 598 g/mol. The van der Waals surface area contributed by atoms with E-state index in [1.54, 1.807) is 6.07 Å². The lowest BCUT2D eigenvalue weighted by molar-refractivity contribution is -0.131. The summed E-state index contributed by atoms with van der Waals surface area (Å²) in [6.45, 7) is 5.30. The zero-order valence-corrected chi connectivity index (χ0v) is 25.0. The quantitative estimate of drug-likeness (QED) is 0.341. The van der Waals surface area contributed by atoms with Gasteiger partial charge in [0.15, 0.2) is 5.83 Å². The number of fused-ring (bicyclic) bond motifs is 3. The minimum absolute atomic E-state index is 0.00895. The summed E-state index contributed by atoms with van der Waals surface area (Å²) >= 11 is 0. The van der Waals surface area contributed by atoms with Crippen LogP contribution in [0.4, 0.5) is 14.6 Å². The van der Waals surface area contributed by atoms with Gasteiger partial charge in [-0.3, -0.25) is 4.79 Å². The molecule has 8 nitrogen and oxygen atoms in total. The van der Waals surface area contributed by atoms with Gasteiger partial charge in [0.1, 0.15) is 18.2 Å². The van der Waals surface area contributed by atoms with E-state index in [4.69, 9.17) is 14.7 Å². The van der Waals surface area contributed by atoms with Gasteiger partial charge >= 0.3 is 6.01 Å². The lowest BCUT2D eigenvalue weighted by Crippen LogP contribution is -2.55. The number of hydrogen-bond acceptors (Lipinski definition) is 7. The zero-order chi connectivity index (χ0) is 30.6. The molecule has 4 aliphatic rings. The molecule has 3 fully saturated rings. The maximum atomic E-state index is 16.1. The lowest BCUT2D eigenvalue weighted by Gasteiger charge is -2.41. The Kier molecular flexibility index (Phi) is 7.24. The summed E-state index contributed by atoms with van der Waals surface area (Å²) in [5.41, 5.74) is 4.85. The SMILES string of the molecule is C=C(F)C(=O)N1CCN(c2nc(OC[C@@H]3CCCN3C)nc3cc(-c4cccc5c4CCC54CC4)c(F)cc23)C[C@@H]1CC#N. The van der Waals surface area contributed by atoms with E-state index in [1.807, 2.05) is 17.0 Å². The Labute approximate surface area is 255 Å². The van der Waals surface area contributed by atoms with Crippen molar-refractivity contribution in [1.29, 1.82) is 5.26 Å². The van der Waals surface area contributed by atoms with E-state index in [1.165, 1.54) is 34.9 Å². The molecule has 2 aliphatic carbocycles. The molecule has 44 heavy (non-hydrogen) atoms. The van der Waals surface area contributed by atoms with Crippen molar-refractivity contribution in [3.63, 3.8) is 0 Å². The number of benzene rings is 2. The molecule has 1 spiro atoms. The van der Waals surface area contributed by atoms with Crippen molar-refractivity contribution in [2.24, 2.45) is 0 Å². The summed E-state index contributed by atoms with van der Waals surface area (Å²) in [6, 6.07) is 11.5. The molecule has 1 saturated carbocycles. The third kappa shape index (κ3) is 4.97. The maximum Gasteiger partial charge on any atom is 0.319 e.